The molecule has 3 aromatic heterocycles. The number of aromatic nitrogens is 9. The lowest BCUT2D eigenvalue weighted by atomic mass is 9.69. The Morgan fingerprint density at radius 2 is 0.487 bits per heavy atom. The molecule has 6 aliphatic rings. The van der Waals surface area contributed by atoms with Crippen molar-refractivity contribution in [1.82, 2.24) is 76.8 Å². The van der Waals surface area contributed by atoms with Gasteiger partial charge in [-0.15, -0.1) is 0 Å². The number of nitrogens with zero attached hydrogens (tertiary/aromatic N) is 14. The molecule has 0 radical (unpaired) electrons. The van der Waals surface area contributed by atoms with Gasteiger partial charge in [-0.2, -0.15) is 39.9 Å². The Bertz CT molecular complexity index is 3080. The van der Waals surface area contributed by atoms with Gasteiger partial charge in [-0.05, 0) is 294 Å². The van der Waals surface area contributed by atoms with Gasteiger partial charge in [-0.25, -0.2) is 4.98 Å². The van der Waals surface area contributed by atoms with Crippen LogP contribution in [0.5, 0.6) is 0 Å². The standard InChI is InChI=1S/C93H174N22/c1-31-37-43-71(65-53-82(7,8)105-83(9,10)54-65)73-96-74(72(44-38-32-2)66-55-84(11,12)106-85(13,14)56-66)98-75(97-73)94-45-51-111(77-101-80(114(49-41-35-5)69-61-90(23,24)109-91(25,26)62-69)104-81(102-77)115(50-42-36-6)70-63-92(27,28)110-93(29,30)64-70)52-46-95-76-99-78(112(47-39-33-3)67-57-86(15,16)107-87(17,18)58-67)103-79(100-76)113(48-40-34-4)68-59-88(19,20)108-89(21,22)60-68/h65-72,105-110H,31-64H2,1-30H3,(H,94,96,97,98)(H,95,99,100,103). The minimum Gasteiger partial charge on any atom is -0.352 e. The Morgan fingerprint density at radius 1 is 0.270 bits per heavy atom. The predicted octanol–water partition coefficient (Wildman–Crippen LogP) is 18.6. The highest BCUT2D eigenvalue weighted by atomic mass is 15.4. The SMILES string of the molecule is CCCCC(c1nc(NCCN(CCNc2nc(N(CCCC)C3CC(C)(C)NC(C)(C)C3)nc(N(CCCC)C3CC(C)(C)NC(C)(C)C3)n2)c2nc(N(CCCC)C3CC(C)(C)NC(C)(C)C3)nc(N(CCCC)C3CC(C)(C)NC(C)(C)C3)n2)nc(C(CCCC)C2CC(C)(C)NC(C)(C)C2)n1)C1CC(C)(C)NC(C)(C)C1. The van der Waals surface area contributed by atoms with Crippen molar-refractivity contribution in [3.8, 4) is 0 Å². The van der Waals surface area contributed by atoms with Crippen molar-refractivity contribution in [3.05, 3.63) is 11.6 Å². The average molecular weight is 1600 g/mol. The van der Waals surface area contributed by atoms with Gasteiger partial charge in [-0.1, -0.05) is 92.9 Å². The number of hydrogen-bond acceptors (Lipinski definition) is 22. The highest BCUT2D eigenvalue weighted by molar-refractivity contribution is 5.51. The number of piperidine rings is 6. The van der Waals surface area contributed by atoms with Crippen molar-refractivity contribution in [1.29, 1.82) is 0 Å². The van der Waals surface area contributed by atoms with E-state index >= 15 is 0 Å². The quantitative estimate of drug-likeness (QED) is 0.0266. The molecule has 115 heavy (non-hydrogen) atoms. The number of nitrogens with one attached hydrogen (secondary N) is 8. The van der Waals surface area contributed by atoms with E-state index in [0.717, 1.165) is 229 Å². The zero-order valence-corrected chi connectivity index (χ0v) is 79.4. The molecule has 6 fully saturated rings. The molecule has 9 heterocycles. The highest BCUT2D eigenvalue weighted by Crippen LogP contribution is 2.47. The molecule has 0 bridgehead atoms. The minimum atomic E-state index is -0.114. The van der Waals surface area contributed by atoms with Crippen molar-refractivity contribution >= 4 is 41.6 Å². The molecule has 0 saturated carbocycles. The number of unbranched alkanes of at least 4 members (excludes halogenated alkanes) is 6. The maximum absolute atomic E-state index is 5.94. The van der Waals surface area contributed by atoms with Gasteiger partial charge in [0, 0.05) is 155 Å². The zero-order valence-electron chi connectivity index (χ0n) is 79.4. The molecule has 0 amide bonds. The molecule has 22 heteroatoms. The van der Waals surface area contributed by atoms with E-state index < -0.39 is 0 Å². The number of rotatable bonds is 39. The van der Waals surface area contributed by atoms with Crippen LogP contribution in [0.1, 0.15) is 398 Å². The lowest BCUT2D eigenvalue weighted by Crippen LogP contribution is -2.63. The Labute approximate surface area is 702 Å². The molecule has 656 valence electrons. The fourth-order valence-electron chi connectivity index (χ4n) is 23.6. The summed E-state index contributed by atoms with van der Waals surface area (Å²) in [5.74, 6) is 8.06. The molecule has 2 atom stereocenters. The molecule has 8 N–H and O–H groups in total. The second kappa shape index (κ2) is 37.8. The molecule has 22 nitrogen and oxygen atoms in total. The zero-order chi connectivity index (χ0) is 84.8. The Hall–Kier alpha value is -4.61. The van der Waals surface area contributed by atoms with Crippen LogP contribution < -0.4 is 67.0 Å². The molecule has 6 aliphatic heterocycles. The van der Waals surface area contributed by atoms with Gasteiger partial charge in [-0.3, -0.25) is 0 Å². The Morgan fingerprint density at radius 3 is 0.730 bits per heavy atom. The van der Waals surface area contributed by atoms with Gasteiger partial charge >= 0.3 is 0 Å². The third-order valence-electron chi connectivity index (χ3n) is 26.0. The smallest absolute Gasteiger partial charge is 0.232 e. The Kier molecular flexibility index (Phi) is 31.0. The van der Waals surface area contributed by atoms with Crippen molar-refractivity contribution in [2.45, 2.75) is 477 Å². The third-order valence-corrected chi connectivity index (χ3v) is 26.0. The van der Waals surface area contributed by atoms with Crippen LogP contribution in [-0.4, -0.2) is 188 Å². The van der Waals surface area contributed by atoms with E-state index in [1.165, 1.54) is 0 Å². The molecule has 0 aromatic carbocycles. The first-order valence-corrected chi connectivity index (χ1v) is 46.7. The van der Waals surface area contributed by atoms with Gasteiger partial charge in [0.15, 0.2) is 0 Å². The van der Waals surface area contributed by atoms with Crippen LogP contribution in [0.15, 0.2) is 0 Å². The second-order valence-electron chi connectivity index (χ2n) is 45.3. The van der Waals surface area contributed by atoms with Crippen LogP contribution in [0, 0.1) is 11.8 Å². The van der Waals surface area contributed by atoms with E-state index in [1.807, 2.05) is 0 Å². The second-order valence-corrected chi connectivity index (χ2v) is 45.3. The number of hydrogen-bond donors (Lipinski definition) is 8. The third kappa shape index (κ3) is 27.2. The summed E-state index contributed by atoms with van der Waals surface area (Å²) in [4.78, 5) is 65.1. The predicted molar refractivity (Wildman–Crippen MR) is 488 cm³/mol. The lowest BCUT2D eigenvalue weighted by molar-refractivity contribution is 0.105. The Balaban J connectivity index is 1.24. The molecule has 3 aromatic rings. The molecule has 6 saturated heterocycles. The van der Waals surface area contributed by atoms with Gasteiger partial charge < -0.3 is 67.0 Å². The first kappa shape index (κ1) is 94.2. The molecule has 9 rings (SSSR count). The monoisotopic (exact) mass is 1600 g/mol. The molecular formula is C93H174N22. The fraction of sp³-hybridized carbons (Fsp3) is 0.903. The minimum absolute atomic E-state index is 0.0416. The summed E-state index contributed by atoms with van der Waals surface area (Å²) in [6, 6.07) is 0.788. The van der Waals surface area contributed by atoms with Crippen molar-refractivity contribution < 1.29 is 0 Å². The lowest BCUT2D eigenvalue weighted by Gasteiger charge is -2.50. The van der Waals surface area contributed by atoms with Crippen molar-refractivity contribution in [2.75, 3.05) is 87.5 Å². The molecular weight excluding hydrogens is 1430 g/mol. The summed E-state index contributed by atoms with van der Waals surface area (Å²) in [5.41, 5.74) is -0.981. The van der Waals surface area contributed by atoms with Crippen LogP contribution >= 0.6 is 0 Å². The molecule has 0 spiro atoms. The summed E-state index contributed by atoms with van der Waals surface area (Å²) in [7, 11) is 0. The average Bonchev–Trinajstić information content (AvgIpc) is 0.866. The van der Waals surface area contributed by atoms with Crippen LogP contribution in [-0.2, 0) is 0 Å². The van der Waals surface area contributed by atoms with Gasteiger partial charge in [0.25, 0.3) is 0 Å². The van der Waals surface area contributed by atoms with Crippen LogP contribution in [0.2, 0.25) is 0 Å². The summed E-state index contributed by atoms with van der Waals surface area (Å²) >= 11 is 0. The van der Waals surface area contributed by atoms with E-state index in [-0.39, 0.29) is 102 Å². The van der Waals surface area contributed by atoms with Crippen LogP contribution in [0.4, 0.5) is 41.6 Å². The molecule has 2 unspecified atom stereocenters. The maximum Gasteiger partial charge on any atom is 0.232 e. The maximum atomic E-state index is 5.94. The van der Waals surface area contributed by atoms with E-state index in [2.05, 4.69) is 275 Å². The summed E-state index contributed by atoms with van der Waals surface area (Å²) in [6.07, 6.45) is 26.9. The topological polar surface area (TPSA) is 228 Å². The first-order valence-electron chi connectivity index (χ1n) is 46.7. The highest BCUT2D eigenvalue weighted by Gasteiger charge is 2.49. The normalized spacial score (nSPS) is 23.6. The van der Waals surface area contributed by atoms with E-state index in [4.69, 9.17) is 44.9 Å². The summed E-state index contributed by atoms with van der Waals surface area (Å²) < 4.78 is 0. The number of anilines is 7. The van der Waals surface area contributed by atoms with Crippen molar-refractivity contribution in [3.63, 3.8) is 0 Å². The first-order chi connectivity index (χ1) is 53.4. The van der Waals surface area contributed by atoms with Crippen LogP contribution in [0.3, 0.4) is 0 Å². The van der Waals surface area contributed by atoms with E-state index in [0.29, 0.717) is 55.9 Å². The van der Waals surface area contributed by atoms with Gasteiger partial charge in [0.1, 0.15) is 11.6 Å². The molecule has 0 aliphatic carbocycles. The largest absolute Gasteiger partial charge is 0.352 e. The van der Waals surface area contributed by atoms with Crippen molar-refractivity contribution in [2.24, 2.45) is 11.8 Å². The van der Waals surface area contributed by atoms with E-state index in [1.54, 1.807) is 0 Å². The van der Waals surface area contributed by atoms with E-state index in [9.17, 15) is 0 Å². The summed E-state index contributed by atoms with van der Waals surface area (Å²) in [6.45, 7) is 76.6. The summed E-state index contributed by atoms with van der Waals surface area (Å²) in [5, 5.41) is 32.3. The fourth-order valence-corrected chi connectivity index (χ4v) is 23.6. The van der Waals surface area contributed by atoms with Gasteiger partial charge in [0.05, 0.1) is 0 Å². The van der Waals surface area contributed by atoms with Gasteiger partial charge in [0.2, 0.25) is 41.6 Å². The van der Waals surface area contributed by atoms with Crippen LogP contribution in [0.25, 0.3) is 0 Å².